The summed E-state index contributed by atoms with van der Waals surface area (Å²) in [4.78, 5) is 23.7. The van der Waals surface area contributed by atoms with Crippen LogP contribution in [-0.2, 0) is 11.8 Å². The van der Waals surface area contributed by atoms with Gasteiger partial charge in [0.2, 0.25) is 5.91 Å². The van der Waals surface area contributed by atoms with Crippen molar-refractivity contribution in [2.24, 2.45) is 7.05 Å². The molecule has 0 spiro atoms. The molecule has 0 aliphatic carbocycles. The summed E-state index contributed by atoms with van der Waals surface area (Å²) in [6.45, 7) is 0. The Kier molecular flexibility index (Phi) is 5.06. The zero-order valence-electron chi connectivity index (χ0n) is 12.1. The maximum Gasteiger partial charge on any atom is 0.243 e. The predicted molar refractivity (Wildman–Crippen MR) is 88.4 cm³/mol. The number of aryl methyl sites for hydroxylation is 1. The number of aromatic nitrogens is 1. The number of halogens is 2. The molecule has 1 N–H and O–H groups in total. The van der Waals surface area contributed by atoms with Gasteiger partial charge in [-0.25, -0.2) is 0 Å². The van der Waals surface area contributed by atoms with Crippen molar-refractivity contribution in [3.05, 3.63) is 63.4 Å². The molecule has 1 aromatic carbocycles. The zero-order valence-corrected chi connectivity index (χ0v) is 13.6. The van der Waals surface area contributed by atoms with Gasteiger partial charge in [0.25, 0.3) is 0 Å². The van der Waals surface area contributed by atoms with E-state index in [2.05, 4.69) is 5.32 Å². The van der Waals surface area contributed by atoms with E-state index in [1.54, 1.807) is 49.1 Å². The molecule has 6 heteroatoms. The van der Waals surface area contributed by atoms with Gasteiger partial charge in [-0.05, 0) is 30.3 Å². The average Bonchev–Trinajstić information content (AvgIpc) is 2.85. The zero-order chi connectivity index (χ0) is 16.3. The first kappa shape index (κ1) is 16.3. The van der Waals surface area contributed by atoms with E-state index < -0.39 is 0 Å². The second kappa shape index (κ2) is 6.81. The molecule has 0 saturated carbocycles. The highest BCUT2D eigenvalue weighted by Crippen LogP contribution is 2.24. The van der Waals surface area contributed by atoms with Gasteiger partial charge in [0.05, 0.1) is 5.02 Å². The Morgan fingerprint density at radius 1 is 1.23 bits per heavy atom. The van der Waals surface area contributed by atoms with Gasteiger partial charge < -0.3 is 9.88 Å². The minimum absolute atomic E-state index is 0.197. The molecule has 1 aromatic heterocycles. The summed E-state index contributed by atoms with van der Waals surface area (Å²) in [5.74, 6) is -0.410. The summed E-state index contributed by atoms with van der Waals surface area (Å²) < 4.78 is 1.76. The number of amides is 1. The van der Waals surface area contributed by atoms with E-state index in [0.29, 0.717) is 21.2 Å². The number of hydrogen-bond acceptors (Lipinski definition) is 2. The number of hydrogen-bond donors (Lipinski definition) is 1. The monoisotopic (exact) mass is 336 g/mol. The van der Waals surface area contributed by atoms with Crippen LogP contribution < -0.4 is 5.32 Å². The van der Waals surface area contributed by atoms with Gasteiger partial charge in [0, 0.05) is 48.2 Å². The van der Waals surface area contributed by atoms with Gasteiger partial charge in [-0.3, -0.25) is 9.59 Å². The summed E-state index contributed by atoms with van der Waals surface area (Å²) in [6.07, 6.45) is 4.73. The molecule has 0 unspecified atom stereocenters. The maximum atomic E-state index is 12.5. The highest BCUT2D eigenvalue weighted by Gasteiger charge is 2.15. The average molecular weight is 337 g/mol. The molecule has 0 aliphatic rings. The van der Waals surface area contributed by atoms with Crippen LogP contribution in [0.5, 0.6) is 0 Å². The van der Waals surface area contributed by atoms with Crippen molar-refractivity contribution in [3.8, 4) is 0 Å². The second-order valence-corrected chi connectivity index (χ2v) is 5.51. The van der Waals surface area contributed by atoms with E-state index in [9.17, 15) is 9.59 Å². The van der Waals surface area contributed by atoms with E-state index in [1.807, 2.05) is 0 Å². The smallest absolute Gasteiger partial charge is 0.243 e. The fraction of sp³-hybridized carbons (Fsp3) is 0.125. The summed E-state index contributed by atoms with van der Waals surface area (Å²) in [5, 5.41) is 3.28. The fourth-order valence-electron chi connectivity index (χ4n) is 1.94. The minimum atomic E-state index is -0.213. The van der Waals surface area contributed by atoms with Crippen LogP contribution in [0.2, 0.25) is 10.0 Å². The number of benzene rings is 1. The van der Waals surface area contributed by atoms with E-state index >= 15 is 0 Å². The number of carbonyl (C=O) groups is 2. The lowest BCUT2D eigenvalue weighted by Crippen LogP contribution is -2.13. The molecule has 22 heavy (non-hydrogen) atoms. The number of nitrogens with one attached hydrogen (secondary N) is 1. The number of ketones is 1. The number of nitrogens with zero attached hydrogens (tertiary/aromatic N) is 1. The van der Waals surface area contributed by atoms with E-state index in [-0.39, 0.29) is 11.7 Å². The van der Waals surface area contributed by atoms with Crippen molar-refractivity contribution < 1.29 is 9.59 Å². The lowest BCUT2D eigenvalue weighted by atomic mass is 10.1. The standard InChI is InChI=1S/C16H14Cl2N2O2/c1-19-15(21)6-4-12-7-10(9-20(12)2)16(22)13-5-3-11(17)8-14(13)18/h3-9H,1-2H3,(H,19,21)/b6-4+. The van der Waals surface area contributed by atoms with Gasteiger partial charge >= 0.3 is 0 Å². The highest BCUT2D eigenvalue weighted by atomic mass is 35.5. The highest BCUT2D eigenvalue weighted by molar-refractivity contribution is 6.37. The van der Waals surface area contributed by atoms with Crippen molar-refractivity contribution in [1.29, 1.82) is 0 Å². The van der Waals surface area contributed by atoms with Crippen LogP contribution in [0.3, 0.4) is 0 Å². The Morgan fingerprint density at radius 3 is 2.59 bits per heavy atom. The third kappa shape index (κ3) is 3.59. The quantitative estimate of drug-likeness (QED) is 0.687. The number of rotatable bonds is 4. The molecule has 4 nitrogen and oxygen atoms in total. The lowest BCUT2D eigenvalue weighted by Gasteiger charge is -2.02. The first-order valence-electron chi connectivity index (χ1n) is 6.48. The number of likely N-dealkylation sites (N-methyl/N-ethyl adjacent to an activating group) is 1. The molecule has 0 saturated heterocycles. The Hall–Kier alpha value is -2.04. The molecule has 114 valence electrons. The first-order chi connectivity index (χ1) is 10.4. The summed E-state index contributed by atoms with van der Waals surface area (Å²) in [5.41, 5.74) is 1.61. The van der Waals surface area contributed by atoms with Crippen molar-refractivity contribution >= 4 is 41.0 Å². The first-order valence-corrected chi connectivity index (χ1v) is 7.24. The number of carbonyl (C=O) groups excluding carboxylic acids is 2. The second-order valence-electron chi connectivity index (χ2n) is 4.67. The molecule has 0 radical (unpaired) electrons. The molecule has 1 amide bonds. The van der Waals surface area contributed by atoms with Gasteiger partial charge in [-0.1, -0.05) is 23.2 Å². The van der Waals surface area contributed by atoms with E-state index in [0.717, 1.165) is 5.69 Å². The molecular formula is C16H14Cl2N2O2. The molecule has 1 heterocycles. The topological polar surface area (TPSA) is 51.1 Å². The lowest BCUT2D eigenvalue weighted by molar-refractivity contribution is -0.115. The van der Waals surface area contributed by atoms with E-state index in [1.165, 1.54) is 12.1 Å². The summed E-state index contributed by atoms with van der Waals surface area (Å²) >= 11 is 11.9. The Labute approximate surface area is 138 Å². The van der Waals surface area contributed by atoms with Crippen molar-refractivity contribution in [1.82, 2.24) is 9.88 Å². The molecule has 0 atom stereocenters. The van der Waals surface area contributed by atoms with Crippen LogP contribution in [0.15, 0.2) is 36.5 Å². The van der Waals surface area contributed by atoms with Gasteiger partial charge in [-0.2, -0.15) is 0 Å². The molecule has 2 rings (SSSR count). The van der Waals surface area contributed by atoms with Crippen LogP contribution >= 0.6 is 23.2 Å². The van der Waals surface area contributed by atoms with Gasteiger partial charge in [-0.15, -0.1) is 0 Å². The van der Waals surface area contributed by atoms with Crippen LogP contribution in [0.25, 0.3) is 6.08 Å². The van der Waals surface area contributed by atoms with Gasteiger partial charge in [0.1, 0.15) is 0 Å². The van der Waals surface area contributed by atoms with Crippen molar-refractivity contribution in [2.45, 2.75) is 0 Å². The van der Waals surface area contributed by atoms with Crippen LogP contribution in [0.1, 0.15) is 21.6 Å². The predicted octanol–water partition coefficient (Wildman–Crippen LogP) is 3.32. The van der Waals surface area contributed by atoms with Crippen LogP contribution in [0, 0.1) is 0 Å². The maximum absolute atomic E-state index is 12.5. The largest absolute Gasteiger partial charge is 0.356 e. The normalized spacial score (nSPS) is 10.9. The van der Waals surface area contributed by atoms with Crippen LogP contribution in [0.4, 0.5) is 0 Å². The van der Waals surface area contributed by atoms with E-state index in [4.69, 9.17) is 23.2 Å². The Bertz CT molecular complexity index is 764. The summed E-state index contributed by atoms with van der Waals surface area (Å²) in [6, 6.07) is 6.45. The minimum Gasteiger partial charge on any atom is -0.356 e. The molecule has 2 aromatic rings. The van der Waals surface area contributed by atoms with Gasteiger partial charge in [0.15, 0.2) is 5.78 Å². The molecule has 0 aliphatic heterocycles. The Morgan fingerprint density at radius 2 is 1.95 bits per heavy atom. The van der Waals surface area contributed by atoms with Crippen molar-refractivity contribution in [2.75, 3.05) is 7.05 Å². The van der Waals surface area contributed by atoms with Crippen LogP contribution in [-0.4, -0.2) is 23.3 Å². The SMILES string of the molecule is CNC(=O)/C=C/c1cc(C(=O)c2ccc(Cl)cc2Cl)cn1C. The molecule has 0 bridgehead atoms. The Balaban J connectivity index is 2.32. The summed E-state index contributed by atoms with van der Waals surface area (Å²) in [7, 11) is 3.35. The molecule has 0 fully saturated rings. The van der Waals surface area contributed by atoms with Crippen molar-refractivity contribution in [3.63, 3.8) is 0 Å². The molecular weight excluding hydrogens is 323 g/mol. The third-order valence-corrected chi connectivity index (χ3v) is 3.68. The fourth-order valence-corrected chi connectivity index (χ4v) is 2.44. The third-order valence-electron chi connectivity index (χ3n) is 3.13.